The summed E-state index contributed by atoms with van der Waals surface area (Å²) in [5.74, 6) is 1.08. The molecule has 1 aliphatic rings. The Hall–Kier alpha value is -1.50. The minimum Gasteiger partial charge on any atom is -0.487 e. The van der Waals surface area contributed by atoms with Crippen molar-refractivity contribution in [2.24, 2.45) is 0 Å². The molecule has 0 bridgehead atoms. The van der Waals surface area contributed by atoms with Crippen LogP contribution in [0, 0.1) is 0 Å². The number of rotatable bonds is 6. The van der Waals surface area contributed by atoms with Crippen LogP contribution in [0.1, 0.15) is 65.4 Å². The van der Waals surface area contributed by atoms with Crippen molar-refractivity contribution in [2.45, 2.75) is 71.8 Å². The van der Waals surface area contributed by atoms with Crippen LogP contribution in [0.4, 0.5) is 0 Å². The van der Waals surface area contributed by atoms with Gasteiger partial charge in [0.1, 0.15) is 11.4 Å². The van der Waals surface area contributed by atoms with Gasteiger partial charge in [-0.1, -0.05) is 41.5 Å². The Morgan fingerprint density at radius 3 is 2.68 bits per heavy atom. The van der Waals surface area contributed by atoms with Gasteiger partial charge in [0.25, 0.3) is 0 Å². The summed E-state index contributed by atoms with van der Waals surface area (Å²) in [4.78, 5) is 0. The van der Waals surface area contributed by atoms with E-state index in [0.717, 1.165) is 37.9 Å². The number of fused-ring (bicyclic) bond motifs is 1. The van der Waals surface area contributed by atoms with Gasteiger partial charge in [-0.2, -0.15) is 0 Å². The zero-order valence-electron chi connectivity index (χ0n) is 14.6. The summed E-state index contributed by atoms with van der Waals surface area (Å²) in [7, 11) is 0. The van der Waals surface area contributed by atoms with Crippen LogP contribution >= 0.6 is 0 Å². The molecule has 0 radical (unpaired) electrons. The van der Waals surface area contributed by atoms with Crippen LogP contribution in [0.5, 0.6) is 5.75 Å². The molecule has 1 heterocycles. The van der Waals surface area contributed by atoms with Gasteiger partial charge in [0, 0.05) is 0 Å². The zero-order chi connectivity index (χ0) is 16.0. The van der Waals surface area contributed by atoms with E-state index in [1.807, 2.05) is 0 Å². The number of allylic oxidation sites excluding steroid dienone is 4. The van der Waals surface area contributed by atoms with Crippen LogP contribution in [-0.2, 0) is 6.42 Å². The van der Waals surface area contributed by atoms with Crippen molar-refractivity contribution in [2.75, 3.05) is 0 Å². The number of aryl methyl sites for hydroxylation is 1. The summed E-state index contributed by atoms with van der Waals surface area (Å²) < 4.78 is 6.28. The number of hydrogen-bond donors (Lipinski definition) is 0. The fourth-order valence-corrected chi connectivity index (χ4v) is 3.02. The smallest absolute Gasteiger partial charge is 0.123 e. The molecular weight excluding hydrogens is 268 g/mol. The Labute approximate surface area is 136 Å². The molecule has 0 spiro atoms. The quantitative estimate of drug-likeness (QED) is 0.564. The highest BCUT2D eigenvalue weighted by molar-refractivity contribution is 5.35. The van der Waals surface area contributed by atoms with Crippen molar-refractivity contribution < 1.29 is 4.74 Å². The lowest BCUT2D eigenvalue weighted by Crippen LogP contribution is -2.36. The number of hydrogen-bond acceptors (Lipinski definition) is 1. The molecule has 0 N–H and O–H groups in total. The van der Waals surface area contributed by atoms with Gasteiger partial charge in [-0.3, -0.25) is 0 Å². The second-order valence-corrected chi connectivity index (χ2v) is 7.07. The van der Waals surface area contributed by atoms with E-state index < -0.39 is 0 Å². The van der Waals surface area contributed by atoms with E-state index in [0.29, 0.717) is 0 Å². The third kappa shape index (κ3) is 5.05. The Balaban J connectivity index is 1.83. The molecule has 0 aromatic heterocycles. The molecule has 2 rings (SSSR count). The van der Waals surface area contributed by atoms with Crippen molar-refractivity contribution in [1.82, 2.24) is 0 Å². The molecule has 120 valence electrons. The van der Waals surface area contributed by atoms with E-state index in [1.54, 1.807) is 0 Å². The van der Waals surface area contributed by atoms with Crippen molar-refractivity contribution in [1.29, 1.82) is 0 Å². The average molecular weight is 298 g/mol. The van der Waals surface area contributed by atoms with Crippen LogP contribution in [0.2, 0.25) is 0 Å². The monoisotopic (exact) mass is 298 g/mol. The highest BCUT2D eigenvalue weighted by Crippen LogP contribution is 2.35. The largest absolute Gasteiger partial charge is 0.487 e. The van der Waals surface area contributed by atoms with Gasteiger partial charge in [0.2, 0.25) is 0 Å². The highest BCUT2D eigenvalue weighted by Gasteiger charge is 2.30. The Kier molecular flexibility index (Phi) is 5.88. The van der Waals surface area contributed by atoms with Gasteiger partial charge in [-0.05, 0) is 77.8 Å². The van der Waals surface area contributed by atoms with Gasteiger partial charge in [-0.15, -0.1) is 0 Å². The first kappa shape index (κ1) is 16.9. The first-order valence-electron chi connectivity index (χ1n) is 8.54. The normalized spacial score (nSPS) is 21.0. The topological polar surface area (TPSA) is 9.23 Å². The van der Waals surface area contributed by atoms with Gasteiger partial charge in [0.05, 0.1) is 0 Å². The molecule has 1 nitrogen and oxygen atoms in total. The molecule has 1 aliphatic heterocycles. The second kappa shape index (κ2) is 7.67. The number of ether oxygens (including phenoxy) is 1. The van der Waals surface area contributed by atoms with E-state index in [-0.39, 0.29) is 5.60 Å². The van der Waals surface area contributed by atoms with E-state index >= 15 is 0 Å². The predicted octanol–water partition coefficient (Wildman–Crippen LogP) is 6.24. The summed E-state index contributed by atoms with van der Waals surface area (Å²) in [5.41, 5.74) is 4.26. The van der Waals surface area contributed by atoms with Crippen molar-refractivity contribution in [3.63, 3.8) is 0 Å². The third-order valence-electron chi connectivity index (χ3n) is 4.51. The molecule has 0 unspecified atom stereocenters. The van der Waals surface area contributed by atoms with Crippen molar-refractivity contribution in [3.05, 3.63) is 53.1 Å². The van der Waals surface area contributed by atoms with Gasteiger partial charge >= 0.3 is 0 Å². The highest BCUT2D eigenvalue weighted by atomic mass is 16.5. The molecule has 1 atom stereocenters. The molecule has 1 aromatic rings. The second-order valence-electron chi connectivity index (χ2n) is 7.07. The third-order valence-corrected chi connectivity index (χ3v) is 4.51. The van der Waals surface area contributed by atoms with Crippen molar-refractivity contribution >= 4 is 0 Å². The Morgan fingerprint density at radius 1 is 1.14 bits per heavy atom. The molecule has 0 amide bonds. The Bertz CT molecular complexity index is 549. The zero-order valence-corrected chi connectivity index (χ0v) is 14.6. The molecule has 1 heteroatoms. The van der Waals surface area contributed by atoms with E-state index in [1.165, 1.54) is 23.1 Å². The van der Waals surface area contributed by atoms with E-state index in [2.05, 4.69) is 64.1 Å². The summed E-state index contributed by atoms with van der Waals surface area (Å²) in [5, 5.41) is 0. The maximum atomic E-state index is 6.28. The summed E-state index contributed by atoms with van der Waals surface area (Å²) in [6.07, 6.45) is 11.5. The number of benzene rings is 1. The minimum atomic E-state index is -0.00889. The lowest BCUT2D eigenvalue weighted by atomic mass is 9.88. The maximum absolute atomic E-state index is 6.28. The number of para-hydroxylation sites is 1. The lowest BCUT2D eigenvalue weighted by Gasteiger charge is -2.35. The molecule has 1 aromatic carbocycles. The van der Waals surface area contributed by atoms with Crippen molar-refractivity contribution in [3.8, 4) is 5.75 Å². The molecule has 0 fully saturated rings. The van der Waals surface area contributed by atoms with Crippen LogP contribution < -0.4 is 4.74 Å². The molecular formula is C21H30O. The van der Waals surface area contributed by atoms with Crippen LogP contribution in [-0.4, -0.2) is 5.60 Å². The average Bonchev–Trinajstić information content (AvgIpc) is 2.46. The summed E-state index contributed by atoms with van der Waals surface area (Å²) in [6.45, 7) is 8.84. The molecule has 22 heavy (non-hydrogen) atoms. The van der Waals surface area contributed by atoms with E-state index in [4.69, 9.17) is 4.74 Å². The first-order chi connectivity index (χ1) is 10.5. The van der Waals surface area contributed by atoms with Gasteiger partial charge < -0.3 is 4.74 Å². The van der Waals surface area contributed by atoms with Gasteiger partial charge in [-0.25, -0.2) is 0 Å². The first-order valence-corrected chi connectivity index (χ1v) is 8.54. The van der Waals surface area contributed by atoms with E-state index in [9.17, 15) is 0 Å². The standard InChI is InChI=1S/C21H30O/c1-17(2)9-7-10-18(3)11-8-15-21(4)16-14-19-12-5-6-13-20(19)22-21/h5-6,9,11-13H,7-8,10,14-16H2,1-4H3/t21-/m1/s1. The maximum Gasteiger partial charge on any atom is 0.123 e. The van der Waals surface area contributed by atoms with Crippen LogP contribution in [0.15, 0.2) is 47.6 Å². The van der Waals surface area contributed by atoms with Crippen LogP contribution in [0.3, 0.4) is 0 Å². The minimum absolute atomic E-state index is 0.00889. The predicted molar refractivity (Wildman–Crippen MR) is 95.5 cm³/mol. The fourth-order valence-electron chi connectivity index (χ4n) is 3.02. The SMILES string of the molecule is CC(C)=CCCC(C)=CCC[C@]1(C)CCc2ccccc2O1. The lowest BCUT2D eigenvalue weighted by molar-refractivity contribution is 0.0572. The summed E-state index contributed by atoms with van der Waals surface area (Å²) in [6, 6.07) is 8.46. The Morgan fingerprint density at radius 2 is 1.91 bits per heavy atom. The van der Waals surface area contributed by atoms with Crippen LogP contribution in [0.25, 0.3) is 0 Å². The molecule has 0 saturated carbocycles. The molecule has 0 aliphatic carbocycles. The fraction of sp³-hybridized carbons (Fsp3) is 0.524. The molecule has 0 saturated heterocycles. The summed E-state index contributed by atoms with van der Waals surface area (Å²) >= 11 is 0. The van der Waals surface area contributed by atoms with Gasteiger partial charge in [0.15, 0.2) is 0 Å².